The smallest absolute Gasteiger partial charge is 0.0951 e. The van der Waals surface area contributed by atoms with Crippen molar-refractivity contribution < 1.29 is 0 Å². The van der Waals surface area contributed by atoms with Gasteiger partial charge in [-0.15, -0.1) is 0 Å². The molecule has 2 aliphatic rings. The van der Waals surface area contributed by atoms with Gasteiger partial charge in [0.1, 0.15) is 0 Å². The molecule has 4 heteroatoms. The van der Waals surface area contributed by atoms with Crippen LogP contribution >= 0.6 is 0 Å². The second-order valence-electron chi connectivity index (χ2n) is 5.72. The highest BCUT2D eigenvalue weighted by Gasteiger charge is 2.37. The van der Waals surface area contributed by atoms with Crippen molar-refractivity contribution >= 4 is 0 Å². The Labute approximate surface area is 109 Å². The second-order valence-corrected chi connectivity index (χ2v) is 5.72. The van der Waals surface area contributed by atoms with Crippen LogP contribution in [0.3, 0.4) is 0 Å². The van der Waals surface area contributed by atoms with Crippen LogP contribution in [-0.2, 0) is 0 Å². The molecule has 1 aliphatic heterocycles. The molecule has 0 aromatic carbocycles. The fourth-order valence-corrected chi connectivity index (χ4v) is 3.34. The third kappa shape index (κ3) is 2.08. The van der Waals surface area contributed by atoms with Crippen molar-refractivity contribution in [3.63, 3.8) is 0 Å². The van der Waals surface area contributed by atoms with E-state index in [0.717, 1.165) is 6.54 Å². The van der Waals surface area contributed by atoms with Crippen molar-refractivity contribution in [1.82, 2.24) is 14.5 Å². The topological polar surface area (TPSA) is 47.1 Å². The summed E-state index contributed by atoms with van der Waals surface area (Å²) in [6.45, 7) is 5.42. The van der Waals surface area contributed by atoms with E-state index < -0.39 is 0 Å². The number of likely N-dealkylation sites (tertiary alicyclic amines) is 1. The molecule has 1 aromatic heterocycles. The van der Waals surface area contributed by atoms with Crippen molar-refractivity contribution in [3.8, 4) is 0 Å². The minimum Gasteiger partial charge on any atom is -0.330 e. The third-order valence-electron chi connectivity index (χ3n) is 4.38. The molecule has 0 amide bonds. The number of hydrogen-bond acceptors (Lipinski definition) is 3. The summed E-state index contributed by atoms with van der Waals surface area (Å²) in [7, 11) is 0. The second kappa shape index (κ2) is 5.02. The van der Waals surface area contributed by atoms with E-state index in [1.54, 1.807) is 0 Å². The maximum atomic E-state index is 5.97. The van der Waals surface area contributed by atoms with Crippen LogP contribution in [0, 0.1) is 5.92 Å². The first kappa shape index (κ1) is 12.2. The molecule has 2 unspecified atom stereocenters. The van der Waals surface area contributed by atoms with Gasteiger partial charge in [0.05, 0.1) is 18.1 Å². The molecule has 2 N–H and O–H groups in total. The summed E-state index contributed by atoms with van der Waals surface area (Å²) in [5, 5.41) is 0. The number of hydrogen-bond donors (Lipinski definition) is 1. The molecule has 3 rings (SSSR count). The molecular weight excluding hydrogens is 224 g/mol. The molecule has 2 fully saturated rings. The van der Waals surface area contributed by atoms with E-state index in [2.05, 4.69) is 27.6 Å². The fourth-order valence-electron chi connectivity index (χ4n) is 3.34. The highest BCUT2D eigenvalue weighted by Crippen LogP contribution is 2.42. The van der Waals surface area contributed by atoms with Crippen molar-refractivity contribution in [2.75, 3.05) is 19.6 Å². The Morgan fingerprint density at radius 3 is 2.89 bits per heavy atom. The molecule has 18 heavy (non-hydrogen) atoms. The zero-order valence-corrected chi connectivity index (χ0v) is 11.3. The predicted octanol–water partition coefficient (Wildman–Crippen LogP) is 1.95. The van der Waals surface area contributed by atoms with E-state index in [1.807, 2.05) is 6.33 Å². The summed E-state index contributed by atoms with van der Waals surface area (Å²) in [5.74, 6) is 0.603. The molecule has 1 aliphatic carbocycles. The largest absolute Gasteiger partial charge is 0.330 e. The summed E-state index contributed by atoms with van der Waals surface area (Å²) in [4.78, 5) is 6.99. The zero-order valence-electron chi connectivity index (χ0n) is 11.3. The summed E-state index contributed by atoms with van der Waals surface area (Å²) < 4.78 is 2.40. The summed E-state index contributed by atoms with van der Waals surface area (Å²) in [5.41, 5.74) is 7.38. The number of rotatable bonds is 5. The number of imidazole rings is 1. The van der Waals surface area contributed by atoms with Gasteiger partial charge < -0.3 is 10.3 Å². The van der Waals surface area contributed by atoms with Gasteiger partial charge in [-0.2, -0.15) is 0 Å². The lowest BCUT2D eigenvalue weighted by atomic mass is 9.98. The molecule has 2 atom stereocenters. The molecule has 100 valence electrons. The molecule has 0 radical (unpaired) electrons. The normalized spacial score (nSPS) is 29.0. The lowest BCUT2D eigenvalue weighted by Gasteiger charge is -2.28. The summed E-state index contributed by atoms with van der Waals surface area (Å²) in [6, 6.07) is 1.21. The lowest BCUT2D eigenvalue weighted by molar-refractivity contribution is 0.221. The van der Waals surface area contributed by atoms with Crippen molar-refractivity contribution in [2.24, 2.45) is 11.7 Å². The van der Waals surface area contributed by atoms with Crippen LogP contribution in [0.5, 0.6) is 0 Å². The van der Waals surface area contributed by atoms with Crippen LogP contribution in [0.4, 0.5) is 0 Å². The van der Waals surface area contributed by atoms with Crippen LogP contribution < -0.4 is 5.73 Å². The highest BCUT2D eigenvalue weighted by atomic mass is 15.2. The van der Waals surface area contributed by atoms with E-state index in [9.17, 15) is 0 Å². The SMILES string of the molecule is CCCN1CCC(CN)C1c1cncn1C1CC1. The van der Waals surface area contributed by atoms with E-state index in [1.165, 1.54) is 44.5 Å². The van der Waals surface area contributed by atoms with E-state index >= 15 is 0 Å². The first-order chi connectivity index (χ1) is 8.85. The van der Waals surface area contributed by atoms with Gasteiger partial charge in [0, 0.05) is 12.2 Å². The standard InChI is InChI=1S/C14H24N4/c1-2-6-17-7-5-11(8-15)14(17)13-9-16-10-18(13)12-3-4-12/h9-12,14H,2-8,15H2,1H3. The van der Waals surface area contributed by atoms with Crippen LogP contribution in [0.2, 0.25) is 0 Å². The Morgan fingerprint density at radius 2 is 2.22 bits per heavy atom. The Hall–Kier alpha value is -0.870. The quantitative estimate of drug-likeness (QED) is 0.866. The van der Waals surface area contributed by atoms with Crippen LogP contribution in [-0.4, -0.2) is 34.1 Å². The maximum absolute atomic E-state index is 5.97. The van der Waals surface area contributed by atoms with Crippen LogP contribution in [0.25, 0.3) is 0 Å². The third-order valence-corrected chi connectivity index (χ3v) is 4.38. The Morgan fingerprint density at radius 1 is 1.39 bits per heavy atom. The van der Waals surface area contributed by atoms with Gasteiger partial charge in [0.2, 0.25) is 0 Å². The summed E-state index contributed by atoms with van der Waals surface area (Å²) in [6.07, 6.45) is 9.17. The molecule has 1 saturated heterocycles. The van der Waals surface area contributed by atoms with E-state index in [0.29, 0.717) is 18.0 Å². The minimum atomic E-state index is 0.498. The first-order valence-corrected chi connectivity index (χ1v) is 7.31. The molecule has 0 bridgehead atoms. The average Bonchev–Trinajstić information content (AvgIpc) is 2.98. The first-order valence-electron chi connectivity index (χ1n) is 7.31. The van der Waals surface area contributed by atoms with Gasteiger partial charge in [0.15, 0.2) is 0 Å². The number of aromatic nitrogens is 2. The van der Waals surface area contributed by atoms with Crippen LogP contribution in [0.1, 0.15) is 50.4 Å². The molecule has 4 nitrogen and oxygen atoms in total. The number of nitrogens with two attached hydrogens (primary N) is 1. The zero-order chi connectivity index (χ0) is 12.5. The molecular formula is C14H24N4. The average molecular weight is 248 g/mol. The monoisotopic (exact) mass is 248 g/mol. The fraction of sp³-hybridized carbons (Fsp3) is 0.786. The predicted molar refractivity (Wildman–Crippen MR) is 72.3 cm³/mol. The Bertz CT molecular complexity index is 396. The van der Waals surface area contributed by atoms with Gasteiger partial charge >= 0.3 is 0 Å². The van der Waals surface area contributed by atoms with E-state index in [4.69, 9.17) is 5.73 Å². The highest BCUT2D eigenvalue weighted by molar-refractivity contribution is 5.13. The van der Waals surface area contributed by atoms with Gasteiger partial charge in [-0.1, -0.05) is 6.92 Å². The van der Waals surface area contributed by atoms with Crippen molar-refractivity contribution in [1.29, 1.82) is 0 Å². The Balaban J connectivity index is 1.87. The van der Waals surface area contributed by atoms with Gasteiger partial charge in [-0.25, -0.2) is 4.98 Å². The van der Waals surface area contributed by atoms with Crippen LogP contribution in [0.15, 0.2) is 12.5 Å². The molecule has 2 heterocycles. The lowest BCUT2D eigenvalue weighted by Crippen LogP contribution is -2.30. The van der Waals surface area contributed by atoms with Gasteiger partial charge in [0.25, 0.3) is 0 Å². The molecule has 1 aromatic rings. The van der Waals surface area contributed by atoms with Gasteiger partial charge in [-0.3, -0.25) is 4.90 Å². The Kier molecular flexibility index (Phi) is 3.39. The van der Waals surface area contributed by atoms with Gasteiger partial charge in [-0.05, 0) is 51.2 Å². The summed E-state index contributed by atoms with van der Waals surface area (Å²) >= 11 is 0. The van der Waals surface area contributed by atoms with Crippen molar-refractivity contribution in [2.45, 2.75) is 44.7 Å². The number of nitrogens with zero attached hydrogens (tertiary/aromatic N) is 3. The minimum absolute atomic E-state index is 0.498. The molecule has 1 saturated carbocycles. The maximum Gasteiger partial charge on any atom is 0.0951 e. The molecule has 0 spiro atoms. The van der Waals surface area contributed by atoms with E-state index in [-0.39, 0.29) is 0 Å². The van der Waals surface area contributed by atoms with Crippen molar-refractivity contribution in [3.05, 3.63) is 18.2 Å².